The summed E-state index contributed by atoms with van der Waals surface area (Å²) in [5, 5.41) is 0. The van der Waals surface area contributed by atoms with Gasteiger partial charge in [0.05, 0.1) is 0 Å². The Morgan fingerprint density at radius 1 is 1.12 bits per heavy atom. The van der Waals surface area contributed by atoms with Crippen LogP contribution >= 0.6 is 0 Å². The lowest BCUT2D eigenvalue weighted by Crippen LogP contribution is -1.99. The Balaban J connectivity index is 3.35. The zero-order valence-corrected chi connectivity index (χ0v) is 10.9. The van der Waals surface area contributed by atoms with Crippen molar-refractivity contribution in [1.82, 2.24) is 0 Å². The molecule has 0 spiro atoms. The SMILES string of the molecule is C=CCOC(=O)/C=C/CCCC/C=C/CCC. The summed E-state index contributed by atoms with van der Waals surface area (Å²) in [5.74, 6) is -0.284. The van der Waals surface area contributed by atoms with E-state index >= 15 is 0 Å². The van der Waals surface area contributed by atoms with Gasteiger partial charge in [0, 0.05) is 6.08 Å². The van der Waals surface area contributed by atoms with Crippen LogP contribution in [0.2, 0.25) is 0 Å². The van der Waals surface area contributed by atoms with Crippen LogP contribution in [0.3, 0.4) is 0 Å². The molecule has 0 unspecified atom stereocenters. The van der Waals surface area contributed by atoms with Gasteiger partial charge in [-0.1, -0.05) is 44.2 Å². The molecule has 0 atom stereocenters. The number of hydrogen-bond donors (Lipinski definition) is 0. The first-order valence-corrected chi connectivity index (χ1v) is 6.40. The van der Waals surface area contributed by atoms with Gasteiger partial charge in [-0.25, -0.2) is 4.79 Å². The summed E-state index contributed by atoms with van der Waals surface area (Å²) in [4.78, 5) is 11.0. The Bertz CT molecular complexity index is 252. The van der Waals surface area contributed by atoms with Crippen LogP contribution in [-0.4, -0.2) is 12.6 Å². The number of esters is 1. The summed E-state index contributed by atoms with van der Waals surface area (Å²) in [5.41, 5.74) is 0. The highest BCUT2D eigenvalue weighted by Gasteiger charge is 1.92. The third-order valence-corrected chi connectivity index (χ3v) is 2.21. The van der Waals surface area contributed by atoms with Gasteiger partial charge < -0.3 is 4.74 Å². The van der Waals surface area contributed by atoms with Crippen molar-refractivity contribution in [3.05, 3.63) is 37.0 Å². The average molecular weight is 236 g/mol. The van der Waals surface area contributed by atoms with Gasteiger partial charge in [0.1, 0.15) is 6.61 Å². The Morgan fingerprint density at radius 3 is 2.41 bits per heavy atom. The van der Waals surface area contributed by atoms with Crippen molar-refractivity contribution in [3.63, 3.8) is 0 Å². The van der Waals surface area contributed by atoms with Crippen LogP contribution < -0.4 is 0 Å². The zero-order valence-electron chi connectivity index (χ0n) is 10.9. The number of carbonyl (C=O) groups excluding carboxylic acids is 1. The minimum atomic E-state index is -0.284. The Hall–Kier alpha value is -1.31. The first-order valence-electron chi connectivity index (χ1n) is 6.40. The quantitative estimate of drug-likeness (QED) is 0.246. The number of unbranched alkanes of at least 4 members (excludes halogenated alkanes) is 4. The van der Waals surface area contributed by atoms with E-state index in [1.165, 1.54) is 25.3 Å². The van der Waals surface area contributed by atoms with E-state index in [1.54, 1.807) is 6.08 Å². The molecule has 0 aromatic carbocycles. The molecular formula is C15H24O2. The lowest BCUT2D eigenvalue weighted by molar-refractivity contribution is -0.136. The smallest absolute Gasteiger partial charge is 0.330 e. The Morgan fingerprint density at radius 2 is 1.76 bits per heavy atom. The molecule has 0 rings (SSSR count). The first kappa shape index (κ1) is 15.7. The highest BCUT2D eigenvalue weighted by Crippen LogP contribution is 2.02. The number of carbonyl (C=O) groups is 1. The second-order valence-electron chi connectivity index (χ2n) is 3.87. The molecule has 2 nitrogen and oxygen atoms in total. The van der Waals surface area contributed by atoms with Crippen molar-refractivity contribution in [3.8, 4) is 0 Å². The predicted molar refractivity (Wildman–Crippen MR) is 72.8 cm³/mol. The van der Waals surface area contributed by atoms with Gasteiger partial charge in [-0.3, -0.25) is 0 Å². The predicted octanol–water partition coefficient (Wildman–Crippen LogP) is 4.19. The third kappa shape index (κ3) is 12.6. The van der Waals surface area contributed by atoms with Gasteiger partial charge >= 0.3 is 5.97 Å². The van der Waals surface area contributed by atoms with Crippen LogP contribution in [0.25, 0.3) is 0 Å². The monoisotopic (exact) mass is 236 g/mol. The van der Waals surface area contributed by atoms with E-state index in [0.717, 1.165) is 19.3 Å². The standard InChI is InChI=1S/C15H24O2/c1-3-5-6-7-8-9-10-11-12-13-15(16)17-14-4-2/h4,6-7,12-13H,2-3,5,8-11,14H2,1H3/b7-6+,13-12+. The minimum absolute atomic E-state index is 0.283. The van der Waals surface area contributed by atoms with E-state index in [4.69, 9.17) is 4.74 Å². The van der Waals surface area contributed by atoms with Gasteiger partial charge in [0.2, 0.25) is 0 Å². The molecule has 2 heteroatoms. The molecular weight excluding hydrogens is 212 g/mol. The molecule has 0 saturated carbocycles. The fourth-order valence-electron chi connectivity index (χ4n) is 1.30. The van der Waals surface area contributed by atoms with E-state index in [0.29, 0.717) is 0 Å². The highest BCUT2D eigenvalue weighted by atomic mass is 16.5. The second-order valence-corrected chi connectivity index (χ2v) is 3.87. The van der Waals surface area contributed by atoms with Crippen LogP contribution in [0.1, 0.15) is 45.4 Å². The third-order valence-electron chi connectivity index (χ3n) is 2.21. The number of rotatable bonds is 10. The maximum Gasteiger partial charge on any atom is 0.330 e. The summed E-state index contributed by atoms with van der Waals surface area (Å²) in [6.45, 7) is 5.94. The van der Waals surface area contributed by atoms with E-state index < -0.39 is 0 Å². The molecule has 0 heterocycles. The molecule has 0 radical (unpaired) electrons. The molecule has 96 valence electrons. The van der Waals surface area contributed by atoms with Gasteiger partial charge in [0.25, 0.3) is 0 Å². The number of ether oxygens (including phenoxy) is 1. The first-order chi connectivity index (χ1) is 8.31. The van der Waals surface area contributed by atoms with E-state index in [2.05, 4.69) is 25.7 Å². The van der Waals surface area contributed by atoms with E-state index in [-0.39, 0.29) is 12.6 Å². The van der Waals surface area contributed by atoms with Gasteiger partial charge in [-0.05, 0) is 32.1 Å². The van der Waals surface area contributed by atoms with E-state index in [1.807, 2.05) is 6.08 Å². The topological polar surface area (TPSA) is 26.3 Å². The van der Waals surface area contributed by atoms with Crippen LogP contribution in [0, 0.1) is 0 Å². The molecule has 17 heavy (non-hydrogen) atoms. The average Bonchev–Trinajstić information content (AvgIpc) is 2.34. The van der Waals surface area contributed by atoms with Crippen molar-refractivity contribution < 1.29 is 9.53 Å². The van der Waals surface area contributed by atoms with Crippen LogP contribution in [0.4, 0.5) is 0 Å². The second kappa shape index (κ2) is 12.8. The molecule has 0 amide bonds. The van der Waals surface area contributed by atoms with Gasteiger partial charge in [0.15, 0.2) is 0 Å². The van der Waals surface area contributed by atoms with Crippen molar-refractivity contribution in [1.29, 1.82) is 0 Å². The molecule has 0 aromatic rings. The molecule has 0 bridgehead atoms. The summed E-state index contributed by atoms with van der Waals surface area (Å²) < 4.78 is 4.81. The maximum absolute atomic E-state index is 11.0. The fraction of sp³-hybridized carbons (Fsp3) is 0.533. The Kier molecular flexibility index (Phi) is 11.8. The molecule has 0 fully saturated rings. The number of hydrogen-bond acceptors (Lipinski definition) is 2. The van der Waals surface area contributed by atoms with Gasteiger partial charge in [-0.15, -0.1) is 0 Å². The lowest BCUT2D eigenvalue weighted by atomic mass is 10.1. The molecule has 0 N–H and O–H groups in total. The van der Waals surface area contributed by atoms with Crippen LogP contribution in [0.15, 0.2) is 37.0 Å². The Labute approximate surface area is 105 Å². The zero-order chi connectivity index (χ0) is 12.8. The lowest BCUT2D eigenvalue weighted by Gasteiger charge is -1.96. The molecule has 0 saturated heterocycles. The summed E-state index contributed by atoms with van der Waals surface area (Å²) in [6.07, 6.45) is 16.2. The van der Waals surface area contributed by atoms with Crippen LogP contribution in [0.5, 0.6) is 0 Å². The van der Waals surface area contributed by atoms with Crippen molar-refractivity contribution >= 4 is 5.97 Å². The fourth-order valence-corrected chi connectivity index (χ4v) is 1.30. The minimum Gasteiger partial charge on any atom is -0.458 e. The van der Waals surface area contributed by atoms with Crippen molar-refractivity contribution in [2.45, 2.75) is 45.4 Å². The maximum atomic E-state index is 11.0. The molecule has 0 aliphatic carbocycles. The summed E-state index contributed by atoms with van der Waals surface area (Å²) >= 11 is 0. The van der Waals surface area contributed by atoms with Crippen molar-refractivity contribution in [2.24, 2.45) is 0 Å². The van der Waals surface area contributed by atoms with E-state index in [9.17, 15) is 4.79 Å². The highest BCUT2D eigenvalue weighted by molar-refractivity contribution is 5.81. The largest absolute Gasteiger partial charge is 0.458 e. The van der Waals surface area contributed by atoms with Crippen molar-refractivity contribution in [2.75, 3.05) is 6.61 Å². The molecule has 0 aliphatic heterocycles. The normalized spacial score (nSPS) is 11.1. The van der Waals surface area contributed by atoms with Gasteiger partial charge in [-0.2, -0.15) is 0 Å². The number of allylic oxidation sites excluding steroid dienone is 3. The summed E-state index contributed by atoms with van der Waals surface area (Å²) in [6, 6.07) is 0. The molecule has 0 aliphatic rings. The summed E-state index contributed by atoms with van der Waals surface area (Å²) in [7, 11) is 0. The molecule has 0 aromatic heterocycles. The van der Waals surface area contributed by atoms with Crippen LogP contribution in [-0.2, 0) is 9.53 Å².